The molecule has 102 valence electrons. The van der Waals surface area contributed by atoms with Crippen molar-refractivity contribution in [1.29, 1.82) is 5.26 Å². The fourth-order valence-electron chi connectivity index (χ4n) is 1.75. The third kappa shape index (κ3) is 2.94. The fraction of sp³-hybridized carbons (Fsp3) is 0.143. The number of benzene rings is 1. The Bertz CT molecular complexity index is 654. The first-order chi connectivity index (χ1) is 9.41. The molecule has 20 heavy (non-hydrogen) atoms. The van der Waals surface area contributed by atoms with E-state index in [-0.39, 0.29) is 11.3 Å². The molecule has 6 heteroatoms. The summed E-state index contributed by atoms with van der Waals surface area (Å²) in [4.78, 5) is 3.70. The molecule has 0 aliphatic carbocycles. The summed E-state index contributed by atoms with van der Waals surface area (Å²) in [5, 5.41) is 8.53. The van der Waals surface area contributed by atoms with Crippen LogP contribution in [0.1, 0.15) is 11.3 Å². The van der Waals surface area contributed by atoms with Gasteiger partial charge in [0.2, 0.25) is 0 Å². The molecule has 0 unspecified atom stereocenters. The molecule has 0 saturated carbocycles. The molecular weight excluding hydrogens is 272 g/mol. The van der Waals surface area contributed by atoms with Gasteiger partial charge in [-0.05, 0) is 23.8 Å². The van der Waals surface area contributed by atoms with Crippen LogP contribution in [-0.4, -0.2) is 4.98 Å². The Morgan fingerprint density at radius 1 is 1.10 bits per heavy atom. The summed E-state index contributed by atoms with van der Waals surface area (Å²) in [6, 6.07) is 7.63. The molecular formula is C14H8F4N2. The lowest BCUT2D eigenvalue weighted by Gasteiger charge is -2.12. The summed E-state index contributed by atoms with van der Waals surface area (Å²) in [5.74, 6) is -0.473. The van der Waals surface area contributed by atoms with Crippen LogP contribution in [0.4, 0.5) is 17.6 Å². The molecule has 0 saturated heterocycles. The molecule has 0 aliphatic rings. The summed E-state index contributed by atoms with van der Waals surface area (Å²) in [6.45, 7) is 0. The second-order valence-electron chi connectivity index (χ2n) is 4.06. The van der Waals surface area contributed by atoms with E-state index in [1.54, 1.807) is 6.07 Å². The number of aromatic nitrogens is 1. The van der Waals surface area contributed by atoms with Gasteiger partial charge in [0.25, 0.3) is 0 Å². The molecule has 0 atom stereocenters. The smallest absolute Gasteiger partial charge is 0.259 e. The van der Waals surface area contributed by atoms with Crippen molar-refractivity contribution >= 4 is 0 Å². The first-order valence-electron chi connectivity index (χ1n) is 5.61. The van der Waals surface area contributed by atoms with Crippen molar-refractivity contribution in [2.45, 2.75) is 12.6 Å². The summed E-state index contributed by atoms with van der Waals surface area (Å²) >= 11 is 0. The van der Waals surface area contributed by atoms with Gasteiger partial charge >= 0.3 is 6.18 Å². The minimum Gasteiger partial charge on any atom is -0.259 e. The van der Waals surface area contributed by atoms with Crippen LogP contribution in [-0.2, 0) is 12.6 Å². The Morgan fingerprint density at radius 2 is 1.75 bits per heavy atom. The van der Waals surface area contributed by atoms with Crippen molar-refractivity contribution in [3.05, 3.63) is 53.6 Å². The normalized spacial score (nSPS) is 11.2. The second kappa shape index (κ2) is 5.29. The Kier molecular flexibility index (Phi) is 3.70. The van der Waals surface area contributed by atoms with Gasteiger partial charge in [-0.3, -0.25) is 4.98 Å². The van der Waals surface area contributed by atoms with Crippen molar-refractivity contribution < 1.29 is 17.6 Å². The highest BCUT2D eigenvalue weighted by Gasteiger charge is 2.34. The van der Waals surface area contributed by atoms with Gasteiger partial charge < -0.3 is 0 Å². The van der Waals surface area contributed by atoms with Crippen LogP contribution in [0, 0.1) is 17.1 Å². The maximum atomic E-state index is 12.9. The van der Waals surface area contributed by atoms with Gasteiger partial charge in [0.15, 0.2) is 0 Å². The molecule has 2 rings (SSSR count). The zero-order valence-electron chi connectivity index (χ0n) is 10.1. The van der Waals surface area contributed by atoms with Crippen LogP contribution >= 0.6 is 0 Å². The molecule has 0 spiro atoms. The molecule has 1 aromatic carbocycles. The molecule has 1 aromatic heterocycles. The van der Waals surface area contributed by atoms with Gasteiger partial charge in [-0.1, -0.05) is 12.1 Å². The SMILES string of the molecule is N#CCc1ncc(-c2ccc(F)cc2)cc1C(F)(F)F. The lowest BCUT2D eigenvalue weighted by molar-refractivity contribution is -0.138. The average molecular weight is 280 g/mol. The highest BCUT2D eigenvalue weighted by molar-refractivity contribution is 5.63. The van der Waals surface area contributed by atoms with Crippen LogP contribution in [0.25, 0.3) is 11.1 Å². The molecule has 0 fully saturated rings. The minimum atomic E-state index is -4.59. The number of halogens is 4. The number of alkyl halides is 3. The summed E-state index contributed by atoms with van der Waals surface area (Å²) in [6.07, 6.45) is -3.76. The van der Waals surface area contributed by atoms with E-state index < -0.39 is 24.0 Å². The molecule has 0 N–H and O–H groups in total. The van der Waals surface area contributed by atoms with Gasteiger partial charge in [-0.2, -0.15) is 18.4 Å². The van der Waals surface area contributed by atoms with Crippen molar-refractivity contribution in [2.75, 3.05) is 0 Å². The predicted octanol–water partition coefficient (Wildman–Crippen LogP) is 3.97. The van der Waals surface area contributed by atoms with Crippen LogP contribution in [0.15, 0.2) is 36.5 Å². The summed E-state index contributed by atoms with van der Waals surface area (Å²) in [5.41, 5.74) is -0.612. The van der Waals surface area contributed by atoms with Crippen LogP contribution in [0.5, 0.6) is 0 Å². The molecule has 0 radical (unpaired) electrons. The third-order valence-corrected chi connectivity index (χ3v) is 2.70. The fourth-order valence-corrected chi connectivity index (χ4v) is 1.75. The maximum absolute atomic E-state index is 12.9. The Hall–Kier alpha value is -2.42. The van der Waals surface area contributed by atoms with Crippen molar-refractivity contribution in [1.82, 2.24) is 4.98 Å². The van der Waals surface area contributed by atoms with Crippen molar-refractivity contribution in [3.63, 3.8) is 0 Å². The molecule has 1 heterocycles. The number of hydrogen-bond donors (Lipinski definition) is 0. The van der Waals surface area contributed by atoms with E-state index in [2.05, 4.69) is 4.98 Å². The highest BCUT2D eigenvalue weighted by atomic mass is 19.4. The Labute approximate surface area is 112 Å². The largest absolute Gasteiger partial charge is 0.418 e. The topological polar surface area (TPSA) is 36.7 Å². The molecule has 0 amide bonds. The van der Waals surface area contributed by atoms with E-state index in [1.165, 1.54) is 18.3 Å². The Morgan fingerprint density at radius 3 is 2.30 bits per heavy atom. The number of nitriles is 1. The quantitative estimate of drug-likeness (QED) is 0.780. The van der Waals surface area contributed by atoms with Gasteiger partial charge in [-0.15, -0.1) is 0 Å². The minimum absolute atomic E-state index is 0.221. The van der Waals surface area contributed by atoms with Gasteiger partial charge in [-0.25, -0.2) is 4.39 Å². The first-order valence-corrected chi connectivity index (χ1v) is 5.61. The van der Waals surface area contributed by atoms with E-state index in [1.807, 2.05) is 0 Å². The summed E-state index contributed by atoms with van der Waals surface area (Å²) < 4.78 is 51.6. The predicted molar refractivity (Wildman–Crippen MR) is 64.0 cm³/mol. The Balaban J connectivity index is 2.52. The molecule has 0 aliphatic heterocycles. The average Bonchev–Trinajstić information content (AvgIpc) is 2.39. The lowest BCUT2D eigenvalue weighted by atomic mass is 10.0. The number of nitrogens with zero attached hydrogens (tertiary/aromatic N) is 2. The monoisotopic (exact) mass is 280 g/mol. The molecule has 0 bridgehead atoms. The van der Waals surface area contributed by atoms with Crippen molar-refractivity contribution in [2.24, 2.45) is 0 Å². The standard InChI is InChI=1S/C14H8F4N2/c15-11-3-1-9(2-4-11)10-7-12(14(16,17)18)13(5-6-19)20-8-10/h1-4,7-8H,5H2. The zero-order chi connectivity index (χ0) is 14.8. The van der Waals surface area contributed by atoms with E-state index in [4.69, 9.17) is 5.26 Å². The van der Waals surface area contributed by atoms with Crippen molar-refractivity contribution in [3.8, 4) is 17.2 Å². The van der Waals surface area contributed by atoms with Gasteiger partial charge in [0, 0.05) is 11.8 Å². The third-order valence-electron chi connectivity index (χ3n) is 2.70. The number of rotatable bonds is 2. The van der Waals surface area contributed by atoms with E-state index in [0.29, 0.717) is 5.56 Å². The first kappa shape index (κ1) is 14.0. The lowest BCUT2D eigenvalue weighted by Crippen LogP contribution is -2.11. The number of hydrogen-bond acceptors (Lipinski definition) is 2. The van der Waals surface area contributed by atoms with Crippen LogP contribution < -0.4 is 0 Å². The van der Waals surface area contributed by atoms with Gasteiger partial charge in [0.05, 0.1) is 23.7 Å². The second-order valence-corrected chi connectivity index (χ2v) is 4.06. The van der Waals surface area contributed by atoms with E-state index >= 15 is 0 Å². The van der Waals surface area contributed by atoms with E-state index in [0.717, 1.165) is 18.2 Å². The molecule has 2 aromatic rings. The molecule has 2 nitrogen and oxygen atoms in total. The summed E-state index contributed by atoms with van der Waals surface area (Å²) in [7, 11) is 0. The van der Waals surface area contributed by atoms with Crippen LogP contribution in [0.3, 0.4) is 0 Å². The highest BCUT2D eigenvalue weighted by Crippen LogP contribution is 2.34. The van der Waals surface area contributed by atoms with Gasteiger partial charge in [0.1, 0.15) is 5.82 Å². The maximum Gasteiger partial charge on any atom is 0.418 e. The van der Waals surface area contributed by atoms with E-state index in [9.17, 15) is 17.6 Å². The van der Waals surface area contributed by atoms with Crippen LogP contribution in [0.2, 0.25) is 0 Å². The number of pyridine rings is 1. The zero-order valence-corrected chi connectivity index (χ0v) is 10.1.